The van der Waals surface area contributed by atoms with E-state index >= 15 is 0 Å². The van der Waals surface area contributed by atoms with Crippen molar-refractivity contribution < 1.29 is 0 Å². The van der Waals surface area contributed by atoms with E-state index in [9.17, 15) is 5.26 Å². The number of nitrogens with zero attached hydrogens (tertiary/aromatic N) is 1. The number of allylic oxidation sites excluding steroid dienone is 1. The average molecular weight is 353 g/mol. The molecule has 0 aliphatic rings. The van der Waals surface area contributed by atoms with Gasteiger partial charge in [0.05, 0.1) is 10.6 Å². The third-order valence-corrected chi connectivity index (χ3v) is 3.88. The van der Waals surface area contributed by atoms with E-state index < -0.39 is 0 Å². The fraction of sp³-hybridized carbons (Fsp3) is 0. The Balaban J connectivity index is 2.62. The quantitative estimate of drug-likeness (QED) is 0.499. The van der Waals surface area contributed by atoms with Crippen LogP contribution in [0, 0.1) is 11.3 Å². The van der Waals surface area contributed by atoms with Gasteiger partial charge in [0.1, 0.15) is 6.07 Å². The van der Waals surface area contributed by atoms with Crippen molar-refractivity contribution in [1.82, 2.24) is 0 Å². The second kappa shape index (κ2) is 6.25. The molecule has 0 saturated heterocycles. The van der Waals surface area contributed by atoms with Gasteiger partial charge in [-0.05, 0) is 23.8 Å². The maximum atomic E-state index is 9.33. The van der Waals surface area contributed by atoms with Crippen molar-refractivity contribution in [2.45, 2.75) is 0 Å². The standard InChI is InChI=1S/C15H8BrCl2N/c16-14-7-6-11(17)8-12(14)15(18)13(9-19)10-4-2-1-3-5-10/h1-8H/b15-13-. The molecule has 0 radical (unpaired) electrons. The van der Waals surface area contributed by atoms with Crippen LogP contribution in [0.3, 0.4) is 0 Å². The summed E-state index contributed by atoms with van der Waals surface area (Å²) in [7, 11) is 0. The molecule has 0 heterocycles. The van der Waals surface area contributed by atoms with E-state index in [-0.39, 0.29) is 0 Å². The maximum Gasteiger partial charge on any atom is 0.101 e. The monoisotopic (exact) mass is 351 g/mol. The maximum absolute atomic E-state index is 9.33. The van der Waals surface area contributed by atoms with Gasteiger partial charge in [-0.25, -0.2) is 0 Å². The van der Waals surface area contributed by atoms with E-state index in [0.29, 0.717) is 21.2 Å². The fourth-order valence-corrected chi connectivity index (χ4v) is 2.68. The lowest BCUT2D eigenvalue weighted by Crippen LogP contribution is -1.87. The molecule has 0 spiro atoms. The van der Waals surface area contributed by atoms with Gasteiger partial charge in [0.15, 0.2) is 0 Å². The molecule has 0 fully saturated rings. The van der Waals surface area contributed by atoms with Crippen LogP contribution in [0.15, 0.2) is 53.0 Å². The van der Waals surface area contributed by atoms with Crippen LogP contribution in [0.5, 0.6) is 0 Å². The molecular weight excluding hydrogens is 345 g/mol. The molecule has 94 valence electrons. The van der Waals surface area contributed by atoms with Gasteiger partial charge in [-0.15, -0.1) is 0 Å². The van der Waals surface area contributed by atoms with E-state index in [4.69, 9.17) is 23.2 Å². The van der Waals surface area contributed by atoms with E-state index in [2.05, 4.69) is 22.0 Å². The van der Waals surface area contributed by atoms with E-state index in [1.165, 1.54) is 0 Å². The van der Waals surface area contributed by atoms with Crippen molar-refractivity contribution in [1.29, 1.82) is 5.26 Å². The molecule has 0 bridgehead atoms. The summed E-state index contributed by atoms with van der Waals surface area (Å²) in [6.45, 7) is 0. The number of nitriles is 1. The molecule has 19 heavy (non-hydrogen) atoms. The van der Waals surface area contributed by atoms with Crippen molar-refractivity contribution in [2.75, 3.05) is 0 Å². The average Bonchev–Trinajstić information content (AvgIpc) is 2.43. The summed E-state index contributed by atoms with van der Waals surface area (Å²) in [6.07, 6.45) is 0. The molecule has 1 nitrogen and oxygen atoms in total. The minimum absolute atomic E-state index is 0.378. The highest BCUT2D eigenvalue weighted by Gasteiger charge is 2.12. The van der Waals surface area contributed by atoms with Gasteiger partial charge in [-0.1, -0.05) is 69.5 Å². The summed E-state index contributed by atoms with van der Waals surface area (Å²) >= 11 is 15.7. The van der Waals surface area contributed by atoms with Crippen molar-refractivity contribution in [2.24, 2.45) is 0 Å². The Morgan fingerprint density at radius 3 is 2.42 bits per heavy atom. The summed E-state index contributed by atoms with van der Waals surface area (Å²) in [4.78, 5) is 0. The number of benzene rings is 2. The molecule has 4 heteroatoms. The van der Waals surface area contributed by atoms with Crippen LogP contribution in [0.4, 0.5) is 0 Å². The van der Waals surface area contributed by atoms with E-state index in [1.54, 1.807) is 18.2 Å². The van der Waals surface area contributed by atoms with Gasteiger partial charge in [0.25, 0.3) is 0 Å². The second-order valence-electron chi connectivity index (χ2n) is 3.79. The molecule has 2 rings (SSSR count). The van der Waals surface area contributed by atoms with Gasteiger partial charge in [-0.2, -0.15) is 5.26 Å². The van der Waals surface area contributed by atoms with Gasteiger partial charge >= 0.3 is 0 Å². The summed E-state index contributed by atoms with van der Waals surface area (Å²) in [6, 6.07) is 16.8. The number of halogens is 3. The zero-order valence-electron chi connectivity index (χ0n) is 9.70. The third kappa shape index (κ3) is 3.19. The van der Waals surface area contributed by atoms with Gasteiger partial charge in [0.2, 0.25) is 0 Å². The predicted molar refractivity (Wildman–Crippen MR) is 83.9 cm³/mol. The molecule has 0 N–H and O–H groups in total. The number of rotatable bonds is 2. The molecule has 0 unspecified atom stereocenters. The van der Waals surface area contributed by atoms with Crippen molar-refractivity contribution in [3.8, 4) is 6.07 Å². The minimum atomic E-state index is 0.378. The Kier molecular flexibility index (Phi) is 4.66. The zero-order valence-corrected chi connectivity index (χ0v) is 12.8. The zero-order chi connectivity index (χ0) is 13.8. The van der Waals surface area contributed by atoms with Crippen LogP contribution in [0.1, 0.15) is 11.1 Å². The van der Waals surface area contributed by atoms with Crippen LogP contribution < -0.4 is 0 Å². The van der Waals surface area contributed by atoms with E-state index in [1.807, 2.05) is 30.3 Å². The van der Waals surface area contributed by atoms with Crippen molar-refractivity contribution in [3.05, 3.63) is 69.2 Å². The predicted octanol–water partition coefficient (Wildman–Crippen LogP) is 5.73. The second-order valence-corrected chi connectivity index (χ2v) is 5.46. The molecule has 0 aliphatic heterocycles. The van der Waals surface area contributed by atoms with Crippen LogP contribution in [-0.2, 0) is 0 Å². The van der Waals surface area contributed by atoms with Crippen LogP contribution >= 0.6 is 39.1 Å². The first kappa shape index (κ1) is 14.1. The highest BCUT2D eigenvalue weighted by molar-refractivity contribution is 9.10. The summed E-state index contributed by atoms with van der Waals surface area (Å²) < 4.78 is 0.797. The first-order valence-corrected chi connectivity index (χ1v) is 6.99. The van der Waals surface area contributed by atoms with Crippen LogP contribution in [0.2, 0.25) is 5.02 Å². The first-order chi connectivity index (χ1) is 9.13. The highest BCUT2D eigenvalue weighted by atomic mass is 79.9. The van der Waals surface area contributed by atoms with Crippen molar-refractivity contribution in [3.63, 3.8) is 0 Å². The minimum Gasteiger partial charge on any atom is -0.192 e. The molecule has 0 saturated carbocycles. The van der Waals surface area contributed by atoms with Crippen LogP contribution in [-0.4, -0.2) is 0 Å². The molecule has 2 aromatic carbocycles. The van der Waals surface area contributed by atoms with E-state index in [0.717, 1.165) is 10.0 Å². The Morgan fingerprint density at radius 1 is 1.11 bits per heavy atom. The summed E-state index contributed by atoms with van der Waals surface area (Å²) in [5.74, 6) is 0. The SMILES string of the molecule is N#C/C(=C(/Cl)c1cc(Cl)ccc1Br)c1ccccc1. The van der Waals surface area contributed by atoms with Gasteiger partial charge < -0.3 is 0 Å². The van der Waals surface area contributed by atoms with Gasteiger partial charge in [0, 0.05) is 15.1 Å². The smallest absolute Gasteiger partial charge is 0.101 e. The topological polar surface area (TPSA) is 23.8 Å². The third-order valence-electron chi connectivity index (χ3n) is 2.56. The Bertz CT molecular complexity index is 672. The molecule has 2 aromatic rings. The van der Waals surface area contributed by atoms with Crippen molar-refractivity contribution >= 4 is 49.7 Å². The number of hydrogen-bond donors (Lipinski definition) is 0. The number of hydrogen-bond acceptors (Lipinski definition) is 1. The molecular formula is C15H8BrCl2N. The normalized spacial score (nSPS) is 11.7. The molecule has 0 aromatic heterocycles. The lowest BCUT2D eigenvalue weighted by atomic mass is 10.0. The Morgan fingerprint density at radius 2 is 1.79 bits per heavy atom. The molecule has 0 amide bonds. The molecule has 0 atom stereocenters. The van der Waals surface area contributed by atoms with Crippen LogP contribution in [0.25, 0.3) is 10.6 Å². The molecule has 0 aliphatic carbocycles. The Labute approximate surface area is 130 Å². The lowest BCUT2D eigenvalue weighted by molar-refractivity contribution is 1.52. The first-order valence-electron chi connectivity index (χ1n) is 5.44. The highest BCUT2D eigenvalue weighted by Crippen LogP contribution is 2.35. The largest absolute Gasteiger partial charge is 0.192 e. The Hall–Kier alpha value is -1.27. The summed E-state index contributed by atoms with van der Waals surface area (Å²) in [5, 5.41) is 10.3. The lowest BCUT2D eigenvalue weighted by Gasteiger charge is -2.07. The fourth-order valence-electron chi connectivity index (χ4n) is 1.65. The summed E-state index contributed by atoms with van der Waals surface area (Å²) in [5.41, 5.74) is 1.90. The van der Waals surface area contributed by atoms with Gasteiger partial charge in [-0.3, -0.25) is 0 Å².